The van der Waals surface area contributed by atoms with Crippen LogP contribution in [0.4, 0.5) is 0 Å². The number of halogens is 2. The van der Waals surface area contributed by atoms with Crippen LogP contribution in [0.3, 0.4) is 0 Å². The molecule has 2 unspecified atom stereocenters. The summed E-state index contributed by atoms with van der Waals surface area (Å²) in [5, 5.41) is 0. The molecule has 0 fully saturated rings. The van der Waals surface area contributed by atoms with Gasteiger partial charge in [0, 0.05) is 0 Å². The summed E-state index contributed by atoms with van der Waals surface area (Å²) in [5.41, 5.74) is 1.26. The van der Waals surface area contributed by atoms with Crippen molar-refractivity contribution in [1.29, 1.82) is 0 Å². The number of rotatable bonds is 10. The molecule has 5 heteroatoms. The second-order valence-corrected chi connectivity index (χ2v) is 36.5. The van der Waals surface area contributed by atoms with Gasteiger partial charge in [0.25, 0.3) is 0 Å². The van der Waals surface area contributed by atoms with Crippen LogP contribution in [-0.4, -0.2) is 12.3 Å². The maximum absolute atomic E-state index is 6.78. The van der Waals surface area contributed by atoms with E-state index in [0.717, 1.165) is 25.2 Å². The number of hydrogen-bond acceptors (Lipinski definition) is 0. The second kappa shape index (κ2) is 13.0. The molecule has 0 aliphatic carbocycles. The Hall–Kier alpha value is 1.58. The van der Waals surface area contributed by atoms with Gasteiger partial charge >= 0.3 is 211 Å². The van der Waals surface area contributed by atoms with Gasteiger partial charge in [-0.2, -0.15) is 0 Å². The first-order chi connectivity index (χ1) is 13.7. The monoisotopic (exact) mass is 602 g/mol. The van der Waals surface area contributed by atoms with Crippen LogP contribution in [0, 0.1) is 33.5 Å². The summed E-state index contributed by atoms with van der Waals surface area (Å²) in [7, 11) is 13.6. The van der Waals surface area contributed by atoms with E-state index in [1.807, 2.05) is 0 Å². The fourth-order valence-electron chi connectivity index (χ4n) is 4.92. The Morgan fingerprint density at radius 1 is 0.548 bits per heavy atom. The molecule has 0 N–H and O–H groups in total. The van der Waals surface area contributed by atoms with Crippen LogP contribution in [0.1, 0.15) is 95.9 Å². The summed E-state index contributed by atoms with van der Waals surface area (Å²) in [6.07, 6.45) is 13.7. The van der Waals surface area contributed by atoms with Crippen molar-refractivity contribution in [2.45, 2.75) is 95.9 Å². The molecule has 0 aromatic heterocycles. The minimum atomic E-state index is -2.23. The van der Waals surface area contributed by atoms with Crippen LogP contribution in [-0.2, 0) is 12.5 Å². The zero-order chi connectivity index (χ0) is 24.7. The Morgan fingerprint density at radius 2 is 0.806 bits per heavy atom. The molecule has 0 radical (unpaired) electrons. The quantitative estimate of drug-likeness (QED) is 0.132. The first kappa shape index (κ1) is 32.6. The normalized spacial score (nSPS) is 16.5. The van der Waals surface area contributed by atoms with Gasteiger partial charge in [-0.15, -0.1) is 0 Å². The second-order valence-electron chi connectivity index (χ2n) is 13.0. The van der Waals surface area contributed by atoms with Gasteiger partial charge in [0.2, 0.25) is 0 Å². The maximum atomic E-state index is 6.78. The molecular weight excluding hydrogens is 552 g/mol. The molecule has 0 saturated heterocycles. The van der Waals surface area contributed by atoms with Gasteiger partial charge < -0.3 is 0 Å². The molecule has 0 nitrogen and oxygen atoms in total. The number of allylic oxidation sites excluding steroid dienone is 4. The van der Waals surface area contributed by atoms with Crippen molar-refractivity contribution in [3.05, 3.63) is 24.3 Å². The van der Waals surface area contributed by atoms with E-state index in [2.05, 4.69) is 107 Å². The van der Waals surface area contributed by atoms with E-state index in [4.69, 9.17) is 19.1 Å². The van der Waals surface area contributed by atoms with Gasteiger partial charge in [-0.3, -0.25) is 0 Å². The molecule has 2 atom stereocenters. The van der Waals surface area contributed by atoms with E-state index in [0.29, 0.717) is 47.0 Å². The van der Waals surface area contributed by atoms with Crippen molar-refractivity contribution in [3.8, 4) is 0 Å². The summed E-state index contributed by atoms with van der Waals surface area (Å²) in [6, 6.07) is 0. The summed E-state index contributed by atoms with van der Waals surface area (Å²) < 4.78 is 0. The zero-order valence-electron chi connectivity index (χ0n) is 22.4. The fourth-order valence-corrected chi connectivity index (χ4v) is 17.0. The van der Waals surface area contributed by atoms with Crippen LogP contribution in [0.5, 0.6) is 0 Å². The summed E-state index contributed by atoms with van der Waals surface area (Å²) in [5.74, 6) is 1.32. The summed E-state index contributed by atoms with van der Waals surface area (Å²) in [6.45, 7) is 29.7. The zero-order valence-corrected chi connectivity index (χ0v) is 27.4. The third kappa shape index (κ3) is 14.6. The Morgan fingerprint density at radius 3 is 1.03 bits per heavy atom. The SMILES string of the molecule is CC(C)(C)C(CC=CC[PH][Pd]([Cl])([Cl])[PH]CC=CCC(C(C)(C)C)C(C)(C)C)C(C)(C)C. The van der Waals surface area contributed by atoms with Crippen LogP contribution in [0.25, 0.3) is 0 Å². The Kier molecular flexibility index (Phi) is 13.7. The molecule has 0 amide bonds. The molecule has 0 saturated carbocycles. The van der Waals surface area contributed by atoms with Gasteiger partial charge in [-0.25, -0.2) is 0 Å². The molecular formula is C26H52Cl2P2Pd. The molecule has 0 aliphatic rings. The van der Waals surface area contributed by atoms with Gasteiger partial charge in [0.1, 0.15) is 0 Å². The molecule has 0 rings (SSSR count). The molecule has 0 heterocycles. The van der Waals surface area contributed by atoms with Gasteiger partial charge in [0.15, 0.2) is 0 Å². The molecule has 0 bridgehead atoms. The minimum absolute atomic E-state index is 0.315. The summed E-state index contributed by atoms with van der Waals surface area (Å²) >= 11 is -2.23. The van der Waals surface area contributed by atoms with E-state index in [1.54, 1.807) is 0 Å². The van der Waals surface area contributed by atoms with E-state index in [9.17, 15) is 0 Å². The first-order valence-corrected chi connectivity index (χ1v) is 22.2. The van der Waals surface area contributed by atoms with Crippen molar-refractivity contribution >= 4 is 32.6 Å². The van der Waals surface area contributed by atoms with E-state index >= 15 is 0 Å². The molecule has 0 aromatic rings. The van der Waals surface area contributed by atoms with E-state index in [1.165, 1.54) is 0 Å². The predicted octanol–water partition coefficient (Wildman–Crippen LogP) is 10.9. The molecule has 0 aliphatic heterocycles. The molecule has 190 valence electrons. The van der Waals surface area contributed by atoms with Gasteiger partial charge in [-0.1, -0.05) is 0 Å². The van der Waals surface area contributed by atoms with Crippen molar-refractivity contribution in [1.82, 2.24) is 0 Å². The van der Waals surface area contributed by atoms with E-state index in [-0.39, 0.29) is 0 Å². The van der Waals surface area contributed by atoms with Gasteiger partial charge in [0.05, 0.1) is 0 Å². The average molecular weight is 604 g/mol. The Balaban J connectivity index is 4.52. The van der Waals surface area contributed by atoms with Crippen molar-refractivity contribution in [2.24, 2.45) is 33.5 Å². The standard InChI is InChI=1S/2C13H26P.2ClH.Pd/c2*1-12(2,3)11(13(4,5)6)9-7-8-10-14;;;/h2*7-8,11,14H,9-10H2,1-6H3;2*1H;/q2*-1;;;+4/p-2. The number of hydrogen-bond donors (Lipinski definition) is 0. The Bertz CT molecular complexity index is 492. The Labute approximate surface area is 210 Å². The van der Waals surface area contributed by atoms with Crippen LogP contribution < -0.4 is 0 Å². The van der Waals surface area contributed by atoms with Crippen molar-refractivity contribution in [3.63, 3.8) is 0 Å². The fraction of sp³-hybridized carbons (Fsp3) is 0.846. The molecule has 31 heavy (non-hydrogen) atoms. The molecule has 0 spiro atoms. The summed E-state index contributed by atoms with van der Waals surface area (Å²) in [4.78, 5) is 0. The average Bonchev–Trinajstić information content (AvgIpc) is 2.48. The topological polar surface area (TPSA) is 0 Å². The first-order valence-electron chi connectivity index (χ1n) is 11.5. The predicted molar refractivity (Wildman–Crippen MR) is 150 cm³/mol. The van der Waals surface area contributed by atoms with Crippen LogP contribution >= 0.6 is 32.6 Å². The molecule has 0 aromatic carbocycles. The van der Waals surface area contributed by atoms with Crippen LogP contribution in [0.2, 0.25) is 0 Å². The van der Waals surface area contributed by atoms with Gasteiger partial charge in [-0.05, 0) is 0 Å². The third-order valence-corrected chi connectivity index (χ3v) is 23.2. The van der Waals surface area contributed by atoms with Crippen LogP contribution in [0.15, 0.2) is 24.3 Å². The van der Waals surface area contributed by atoms with E-state index < -0.39 is 12.5 Å². The van der Waals surface area contributed by atoms with Crippen molar-refractivity contribution < 1.29 is 12.5 Å². The van der Waals surface area contributed by atoms with Crippen molar-refractivity contribution in [2.75, 3.05) is 12.3 Å². The third-order valence-electron chi connectivity index (χ3n) is 5.90.